The molecule has 0 unspecified atom stereocenters. The van der Waals surface area contributed by atoms with Crippen molar-refractivity contribution >= 4 is 5.82 Å². The predicted molar refractivity (Wildman–Crippen MR) is 80.9 cm³/mol. The fourth-order valence-electron chi connectivity index (χ4n) is 1.99. The van der Waals surface area contributed by atoms with E-state index in [1.54, 1.807) is 7.11 Å². The third-order valence-electron chi connectivity index (χ3n) is 3.13. The molecule has 0 atom stereocenters. The Bertz CT molecular complexity index is 380. The lowest BCUT2D eigenvalue weighted by molar-refractivity contribution is 0.205. The minimum Gasteiger partial charge on any atom is -0.383 e. The highest BCUT2D eigenvalue weighted by atomic mass is 16.5. The second kappa shape index (κ2) is 8.12. The van der Waals surface area contributed by atoms with Crippen molar-refractivity contribution in [1.29, 1.82) is 0 Å². The number of pyridine rings is 1. The van der Waals surface area contributed by atoms with Gasteiger partial charge in [-0.3, -0.25) is 0 Å². The zero-order valence-electron chi connectivity index (χ0n) is 12.9. The van der Waals surface area contributed by atoms with E-state index in [0.717, 1.165) is 37.8 Å². The van der Waals surface area contributed by atoms with Crippen molar-refractivity contribution < 1.29 is 4.74 Å². The van der Waals surface area contributed by atoms with E-state index in [-0.39, 0.29) is 0 Å². The van der Waals surface area contributed by atoms with Gasteiger partial charge in [-0.05, 0) is 37.6 Å². The van der Waals surface area contributed by atoms with Gasteiger partial charge in [0, 0.05) is 32.4 Å². The first kappa shape index (κ1) is 15.9. The number of aromatic nitrogens is 1. The summed E-state index contributed by atoms with van der Waals surface area (Å²) < 4.78 is 5.17. The average Bonchev–Trinajstić information content (AvgIpc) is 2.39. The summed E-state index contributed by atoms with van der Waals surface area (Å²) in [6, 6.07) is 4.36. The summed E-state index contributed by atoms with van der Waals surface area (Å²) in [5, 5.41) is 3.21. The number of rotatable bonds is 8. The summed E-state index contributed by atoms with van der Waals surface area (Å²) in [6.45, 7) is 9.93. The molecular weight excluding hydrogens is 238 g/mol. The normalized spacial score (nSPS) is 11.1. The molecule has 1 aromatic heterocycles. The van der Waals surface area contributed by atoms with Gasteiger partial charge in [-0.25, -0.2) is 4.98 Å². The molecule has 1 heterocycles. The van der Waals surface area contributed by atoms with Gasteiger partial charge in [0.15, 0.2) is 0 Å². The number of hydrogen-bond acceptors (Lipinski definition) is 4. The van der Waals surface area contributed by atoms with Gasteiger partial charge < -0.3 is 15.0 Å². The van der Waals surface area contributed by atoms with Gasteiger partial charge in [-0.2, -0.15) is 0 Å². The van der Waals surface area contributed by atoms with Crippen LogP contribution in [0, 0.1) is 0 Å². The van der Waals surface area contributed by atoms with Crippen molar-refractivity contribution in [3.63, 3.8) is 0 Å². The summed E-state index contributed by atoms with van der Waals surface area (Å²) >= 11 is 0. The Morgan fingerprint density at radius 1 is 1.37 bits per heavy atom. The maximum atomic E-state index is 5.17. The maximum absolute atomic E-state index is 5.17. The van der Waals surface area contributed by atoms with Crippen LogP contribution in [0.3, 0.4) is 0 Å². The summed E-state index contributed by atoms with van der Waals surface area (Å²) in [6.07, 6.45) is 0. The minimum absolute atomic E-state index is 0.441. The van der Waals surface area contributed by atoms with E-state index < -0.39 is 0 Å². The first-order valence-corrected chi connectivity index (χ1v) is 7.01. The van der Waals surface area contributed by atoms with Gasteiger partial charge in [-0.1, -0.05) is 13.8 Å². The van der Waals surface area contributed by atoms with E-state index >= 15 is 0 Å². The molecule has 0 bridgehead atoms. The zero-order chi connectivity index (χ0) is 14.3. The SMILES string of the molecule is CCN(CCOC)c1cc(CNC)cc(C(C)C)n1. The standard InChI is InChI=1S/C15H27N3O/c1-6-18(7-8-19-5)15-10-13(11-16-4)9-14(17-15)12(2)3/h9-10,12,16H,6-8,11H2,1-5H3. The average molecular weight is 265 g/mol. The Balaban J connectivity index is 3.02. The molecule has 1 N–H and O–H groups in total. The zero-order valence-corrected chi connectivity index (χ0v) is 12.9. The molecule has 0 aliphatic rings. The quantitative estimate of drug-likeness (QED) is 0.783. The fraction of sp³-hybridized carbons (Fsp3) is 0.667. The number of ether oxygens (including phenoxy) is 1. The van der Waals surface area contributed by atoms with Crippen LogP contribution in [-0.4, -0.2) is 38.8 Å². The number of nitrogens with zero attached hydrogens (tertiary/aromatic N) is 2. The molecule has 108 valence electrons. The van der Waals surface area contributed by atoms with Crippen LogP contribution in [0.2, 0.25) is 0 Å². The Hall–Kier alpha value is -1.13. The number of likely N-dealkylation sites (N-methyl/N-ethyl adjacent to an activating group) is 1. The fourth-order valence-corrected chi connectivity index (χ4v) is 1.99. The molecule has 4 heteroatoms. The maximum Gasteiger partial charge on any atom is 0.129 e. The van der Waals surface area contributed by atoms with E-state index in [1.807, 2.05) is 7.05 Å². The molecule has 0 aromatic carbocycles. The van der Waals surface area contributed by atoms with Gasteiger partial charge in [0.1, 0.15) is 5.82 Å². The molecular formula is C15H27N3O. The third-order valence-corrected chi connectivity index (χ3v) is 3.13. The van der Waals surface area contributed by atoms with Gasteiger partial charge in [0.05, 0.1) is 6.61 Å². The molecule has 0 aliphatic carbocycles. The van der Waals surface area contributed by atoms with Crippen LogP contribution in [0.1, 0.15) is 37.9 Å². The van der Waals surface area contributed by atoms with E-state index in [2.05, 4.69) is 43.1 Å². The van der Waals surface area contributed by atoms with Crippen molar-refractivity contribution in [3.05, 3.63) is 23.4 Å². The smallest absolute Gasteiger partial charge is 0.129 e. The van der Waals surface area contributed by atoms with E-state index in [1.165, 1.54) is 5.56 Å². The summed E-state index contributed by atoms with van der Waals surface area (Å²) in [5.41, 5.74) is 2.44. The van der Waals surface area contributed by atoms with Crippen molar-refractivity contribution in [3.8, 4) is 0 Å². The van der Waals surface area contributed by atoms with Crippen LogP contribution in [-0.2, 0) is 11.3 Å². The van der Waals surface area contributed by atoms with Crippen LogP contribution in [0.25, 0.3) is 0 Å². The molecule has 1 rings (SSSR count). The molecule has 0 amide bonds. The van der Waals surface area contributed by atoms with Gasteiger partial charge in [0.25, 0.3) is 0 Å². The lowest BCUT2D eigenvalue weighted by atomic mass is 10.1. The number of methoxy groups -OCH3 is 1. The first-order chi connectivity index (χ1) is 9.12. The van der Waals surface area contributed by atoms with Crippen LogP contribution >= 0.6 is 0 Å². The molecule has 0 aliphatic heterocycles. The number of anilines is 1. The Morgan fingerprint density at radius 2 is 2.11 bits per heavy atom. The Labute approximate surface area is 117 Å². The molecule has 0 fully saturated rings. The van der Waals surface area contributed by atoms with Crippen LogP contribution in [0.4, 0.5) is 5.82 Å². The van der Waals surface area contributed by atoms with Crippen LogP contribution in [0.5, 0.6) is 0 Å². The van der Waals surface area contributed by atoms with E-state index in [9.17, 15) is 0 Å². The number of hydrogen-bond donors (Lipinski definition) is 1. The lowest BCUT2D eigenvalue weighted by Gasteiger charge is -2.23. The third kappa shape index (κ3) is 4.80. The molecule has 4 nitrogen and oxygen atoms in total. The highest BCUT2D eigenvalue weighted by Crippen LogP contribution is 2.20. The minimum atomic E-state index is 0.441. The van der Waals surface area contributed by atoms with Crippen LogP contribution in [0.15, 0.2) is 12.1 Å². The molecule has 0 radical (unpaired) electrons. The van der Waals surface area contributed by atoms with Crippen LogP contribution < -0.4 is 10.2 Å². The largest absolute Gasteiger partial charge is 0.383 e. The Kier molecular flexibility index (Phi) is 6.81. The van der Waals surface area contributed by atoms with Crippen molar-refractivity contribution in [2.75, 3.05) is 38.8 Å². The summed E-state index contributed by atoms with van der Waals surface area (Å²) in [4.78, 5) is 7.04. The molecule has 0 spiro atoms. The van der Waals surface area contributed by atoms with Gasteiger partial charge in [0.2, 0.25) is 0 Å². The molecule has 1 aromatic rings. The predicted octanol–water partition coefficient (Wildman–Crippen LogP) is 2.40. The van der Waals surface area contributed by atoms with Gasteiger partial charge >= 0.3 is 0 Å². The second-order valence-corrected chi connectivity index (χ2v) is 5.02. The number of nitrogens with one attached hydrogen (secondary N) is 1. The highest BCUT2D eigenvalue weighted by molar-refractivity contribution is 5.43. The van der Waals surface area contributed by atoms with Gasteiger partial charge in [-0.15, -0.1) is 0 Å². The highest BCUT2D eigenvalue weighted by Gasteiger charge is 2.10. The molecule has 0 saturated heterocycles. The summed E-state index contributed by atoms with van der Waals surface area (Å²) in [7, 11) is 3.70. The van der Waals surface area contributed by atoms with Crippen molar-refractivity contribution in [1.82, 2.24) is 10.3 Å². The molecule has 0 saturated carbocycles. The van der Waals surface area contributed by atoms with E-state index in [4.69, 9.17) is 9.72 Å². The lowest BCUT2D eigenvalue weighted by Crippen LogP contribution is -2.28. The second-order valence-electron chi connectivity index (χ2n) is 5.02. The molecule has 19 heavy (non-hydrogen) atoms. The van der Waals surface area contributed by atoms with Crippen molar-refractivity contribution in [2.45, 2.75) is 33.2 Å². The van der Waals surface area contributed by atoms with Crippen molar-refractivity contribution in [2.24, 2.45) is 0 Å². The topological polar surface area (TPSA) is 37.4 Å². The Morgan fingerprint density at radius 3 is 2.63 bits per heavy atom. The monoisotopic (exact) mass is 265 g/mol. The van der Waals surface area contributed by atoms with E-state index in [0.29, 0.717) is 5.92 Å². The first-order valence-electron chi connectivity index (χ1n) is 7.01. The summed E-state index contributed by atoms with van der Waals surface area (Å²) in [5.74, 6) is 1.49.